The van der Waals surface area contributed by atoms with E-state index in [4.69, 9.17) is 4.74 Å². The van der Waals surface area contributed by atoms with Crippen LogP contribution in [0.25, 0.3) is 5.57 Å². The van der Waals surface area contributed by atoms with E-state index in [0.29, 0.717) is 17.6 Å². The van der Waals surface area contributed by atoms with Gasteiger partial charge in [-0.05, 0) is 23.3 Å². The summed E-state index contributed by atoms with van der Waals surface area (Å²) in [6, 6.07) is 18.2. The highest BCUT2D eigenvalue weighted by molar-refractivity contribution is 5.89. The van der Waals surface area contributed by atoms with Crippen LogP contribution < -0.4 is 0 Å². The molecule has 0 heterocycles. The van der Waals surface area contributed by atoms with E-state index in [1.807, 2.05) is 36.4 Å². The summed E-state index contributed by atoms with van der Waals surface area (Å²) in [7, 11) is 0. The van der Waals surface area contributed by atoms with E-state index in [0.717, 1.165) is 5.56 Å². The van der Waals surface area contributed by atoms with E-state index in [9.17, 15) is 9.18 Å². The fourth-order valence-corrected chi connectivity index (χ4v) is 1.94. The number of halogens is 1. The van der Waals surface area contributed by atoms with Crippen molar-refractivity contribution in [3.8, 4) is 0 Å². The number of carbonyl (C=O) groups is 1. The largest absolute Gasteiger partial charge is 0.462 e. The van der Waals surface area contributed by atoms with Crippen molar-refractivity contribution in [2.75, 3.05) is 13.3 Å². The molecule has 2 aromatic carbocycles. The van der Waals surface area contributed by atoms with Gasteiger partial charge in [-0.3, -0.25) is 0 Å². The van der Waals surface area contributed by atoms with E-state index in [-0.39, 0.29) is 12.6 Å². The quantitative estimate of drug-likeness (QED) is 0.584. The third-order valence-electron chi connectivity index (χ3n) is 3.04. The lowest BCUT2D eigenvalue weighted by Crippen LogP contribution is -2.05. The molecule has 0 aromatic heterocycles. The molecule has 2 aromatic rings. The van der Waals surface area contributed by atoms with Gasteiger partial charge < -0.3 is 4.74 Å². The Kier molecular flexibility index (Phi) is 5.71. The Hall–Kier alpha value is -2.42. The second kappa shape index (κ2) is 8.00. The highest BCUT2D eigenvalue weighted by Crippen LogP contribution is 2.15. The van der Waals surface area contributed by atoms with Crippen molar-refractivity contribution in [3.05, 3.63) is 77.9 Å². The molecule has 0 unspecified atom stereocenters. The summed E-state index contributed by atoms with van der Waals surface area (Å²) in [5, 5.41) is 0. The zero-order valence-electron chi connectivity index (χ0n) is 11.7. The molecule has 0 spiro atoms. The van der Waals surface area contributed by atoms with Crippen molar-refractivity contribution in [2.45, 2.75) is 6.42 Å². The minimum Gasteiger partial charge on any atom is -0.462 e. The molecule has 3 heteroatoms. The predicted molar refractivity (Wildman–Crippen MR) is 81.7 cm³/mol. The molecule has 0 N–H and O–H groups in total. The third kappa shape index (κ3) is 4.56. The lowest BCUT2D eigenvalue weighted by Gasteiger charge is -2.05. The molecular formula is C18H17FO2. The SMILES string of the molecule is O=C(OCC/C=C(\CF)c1ccccc1)c1ccccc1. The molecule has 2 nitrogen and oxygen atoms in total. The molecule has 0 aliphatic heterocycles. The first-order valence-corrected chi connectivity index (χ1v) is 6.84. The average molecular weight is 284 g/mol. The molecule has 0 saturated carbocycles. The minimum absolute atomic E-state index is 0.240. The highest BCUT2D eigenvalue weighted by atomic mass is 19.1. The number of ether oxygens (including phenoxy) is 1. The van der Waals surface area contributed by atoms with Crippen LogP contribution in [0.4, 0.5) is 4.39 Å². The van der Waals surface area contributed by atoms with Crippen LogP contribution in [0.2, 0.25) is 0 Å². The first-order valence-electron chi connectivity index (χ1n) is 6.84. The minimum atomic E-state index is -0.531. The van der Waals surface area contributed by atoms with Gasteiger partial charge in [-0.1, -0.05) is 54.6 Å². The second-order valence-electron chi connectivity index (χ2n) is 4.52. The zero-order valence-corrected chi connectivity index (χ0v) is 11.7. The topological polar surface area (TPSA) is 26.3 Å². The molecule has 0 amide bonds. The summed E-state index contributed by atoms with van der Waals surface area (Å²) < 4.78 is 18.2. The normalized spacial score (nSPS) is 11.2. The maximum atomic E-state index is 13.0. The number of rotatable bonds is 6. The van der Waals surface area contributed by atoms with Gasteiger partial charge >= 0.3 is 5.97 Å². The molecular weight excluding hydrogens is 267 g/mol. The number of hydrogen-bond acceptors (Lipinski definition) is 2. The molecule has 2 rings (SSSR count). The monoisotopic (exact) mass is 284 g/mol. The maximum Gasteiger partial charge on any atom is 0.338 e. The van der Waals surface area contributed by atoms with Crippen LogP contribution in [0.15, 0.2) is 66.7 Å². The molecule has 0 atom stereocenters. The number of esters is 1. The van der Waals surface area contributed by atoms with Gasteiger partial charge in [0.15, 0.2) is 0 Å². The fraction of sp³-hybridized carbons (Fsp3) is 0.167. The second-order valence-corrected chi connectivity index (χ2v) is 4.52. The fourth-order valence-electron chi connectivity index (χ4n) is 1.94. The van der Waals surface area contributed by atoms with Crippen LogP contribution in [0, 0.1) is 0 Å². The predicted octanol–water partition coefficient (Wildman–Crippen LogP) is 4.29. The first-order chi connectivity index (χ1) is 10.3. The van der Waals surface area contributed by atoms with Gasteiger partial charge in [-0.15, -0.1) is 0 Å². The van der Waals surface area contributed by atoms with Crippen molar-refractivity contribution in [1.29, 1.82) is 0 Å². The van der Waals surface area contributed by atoms with Gasteiger partial charge in [0.25, 0.3) is 0 Å². The number of carbonyl (C=O) groups excluding carboxylic acids is 1. The Bertz CT molecular complexity index is 591. The summed E-state index contributed by atoms with van der Waals surface area (Å²) in [4.78, 5) is 11.7. The molecule has 108 valence electrons. The van der Waals surface area contributed by atoms with E-state index in [1.165, 1.54) is 0 Å². The summed E-state index contributed by atoms with van der Waals surface area (Å²) >= 11 is 0. The summed E-state index contributed by atoms with van der Waals surface area (Å²) in [5.41, 5.74) is 2.00. The number of benzene rings is 2. The Labute approximate surface area is 123 Å². The van der Waals surface area contributed by atoms with Gasteiger partial charge in [-0.2, -0.15) is 0 Å². The smallest absolute Gasteiger partial charge is 0.338 e. The average Bonchev–Trinajstić information content (AvgIpc) is 2.56. The van der Waals surface area contributed by atoms with Crippen LogP contribution in [0.5, 0.6) is 0 Å². The molecule has 0 bridgehead atoms. The van der Waals surface area contributed by atoms with Crippen molar-refractivity contribution < 1.29 is 13.9 Å². The van der Waals surface area contributed by atoms with E-state index in [1.54, 1.807) is 30.3 Å². The van der Waals surface area contributed by atoms with Crippen LogP contribution in [0.3, 0.4) is 0 Å². The summed E-state index contributed by atoms with van der Waals surface area (Å²) in [6.45, 7) is -0.291. The molecule has 0 saturated heterocycles. The Morgan fingerprint density at radius 3 is 2.10 bits per heavy atom. The number of alkyl halides is 1. The van der Waals surface area contributed by atoms with Gasteiger partial charge in [0.05, 0.1) is 12.2 Å². The molecule has 0 fully saturated rings. The summed E-state index contributed by atoms with van der Waals surface area (Å²) in [6.07, 6.45) is 2.26. The lowest BCUT2D eigenvalue weighted by molar-refractivity contribution is 0.0512. The van der Waals surface area contributed by atoms with Gasteiger partial charge in [-0.25, -0.2) is 9.18 Å². The highest BCUT2D eigenvalue weighted by Gasteiger charge is 2.05. The van der Waals surface area contributed by atoms with Crippen molar-refractivity contribution in [2.24, 2.45) is 0 Å². The molecule has 0 aliphatic carbocycles. The van der Waals surface area contributed by atoms with Crippen LogP contribution in [-0.4, -0.2) is 19.3 Å². The van der Waals surface area contributed by atoms with Gasteiger partial charge in [0.2, 0.25) is 0 Å². The number of hydrogen-bond donors (Lipinski definition) is 0. The van der Waals surface area contributed by atoms with E-state index in [2.05, 4.69) is 0 Å². The Balaban J connectivity index is 1.86. The standard InChI is InChI=1S/C18H17FO2/c19-14-17(15-8-3-1-4-9-15)12-7-13-21-18(20)16-10-5-2-6-11-16/h1-6,8-12H,7,13-14H2/b17-12+. The van der Waals surface area contributed by atoms with E-state index >= 15 is 0 Å². The molecule has 21 heavy (non-hydrogen) atoms. The van der Waals surface area contributed by atoms with Crippen LogP contribution in [0.1, 0.15) is 22.3 Å². The Morgan fingerprint density at radius 1 is 0.952 bits per heavy atom. The van der Waals surface area contributed by atoms with Crippen LogP contribution >= 0.6 is 0 Å². The van der Waals surface area contributed by atoms with Crippen molar-refractivity contribution >= 4 is 11.5 Å². The number of allylic oxidation sites excluding steroid dienone is 1. The van der Waals surface area contributed by atoms with Crippen molar-refractivity contribution in [3.63, 3.8) is 0 Å². The van der Waals surface area contributed by atoms with Gasteiger partial charge in [0.1, 0.15) is 6.67 Å². The lowest BCUT2D eigenvalue weighted by atomic mass is 10.1. The van der Waals surface area contributed by atoms with Crippen LogP contribution in [-0.2, 0) is 4.74 Å². The van der Waals surface area contributed by atoms with Gasteiger partial charge in [0, 0.05) is 6.42 Å². The molecule has 0 radical (unpaired) electrons. The Morgan fingerprint density at radius 2 is 1.52 bits per heavy atom. The third-order valence-corrected chi connectivity index (χ3v) is 3.04. The van der Waals surface area contributed by atoms with E-state index < -0.39 is 6.67 Å². The maximum absolute atomic E-state index is 13.0. The van der Waals surface area contributed by atoms with Crippen molar-refractivity contribution in [1.82, 2.24) is 0 Å². The molecule has 0 aliphatic rings. The first kappa shape index (κ1) is 15.0. The zero-order chi connectivity index (χ0) is 14.9. The summed E-state index contributed by atoms with van der Waals surface area (Å²) in [5.74, 6) is -0.356.